The first-order valence-corrected chi connectivity index (χ1v) is 11.8. The molecule has 33 heavy (non-hydrogen) atoms. The SMILES string of the molecule is COc1cccc(C=NNC(=O)CN(c2ccc(C)c(C)c2)S(=O)(=O)c2ccc(C)cc2)c1. The molecule has 3 rings (SSSR count). The van der Waals surface area contributed by atoms with Crippen LogP contribution >= 0.6 is 0 Å². The first-order chi connectivity index (χ1) is 15.7. The van der Waals surface area contributed by atoms with Crippen molar-refractivity contribution in [3.8, 4) is 5.75 Å². The van der Waals surface area contributed by atoms with Crippen molar-refractivity contribution in [2.24, 2.45) is 5.10 Å². The van der Waals surface area contributed by atoms with Crippen molar-refractivity contribution in [2.75, 3.05) is 18.0 Å². The molecule has 0 radical (unpaired) electrons. The van der Waals surface area contributed by atoms with Gasteiger partial charge in [-0.2, -0.15) is 5.10 Å². The molecule has 3 aromatic rings. The fourth-order valence-corrected chi connectivity index (χ4v) is 4.51. The van der Waals surface area contributed by atoms with Crippen LogP contribution in [0.25, 0.3) is 0 Å². The van der Waals surface area contributed by atoms with Gasteiger partial charge < -0.3 is 4.74 Å². The van der Waals surface area contributed by atoms with Crippen LogP contribution in [0.3, 0.4) is 0 Å². The summed E-state index contributed by atoms with van der Waals surface area (Å²) in [6.07, 6.45) is 1.47. The number of carbonyl (C=O) groups is 1. The lowest BCUT2D eigenvalue weighted by Gasteiger charge is -2.24. The molecule has 0 atom stereocenters. The number of ether oxygens (including phenoxy) is 1. The predicted octanol–water partition coefficient (Wildman–Crippen LogP) is 3.97. The molecule has 0 aliphatic heterocycles. The van der Waals surface area contributed by atoms with Gasteiger partial charge in [0.25, 0.3) is 15.9 Å². The number of methoxy groups -OCH3 is 1. The molecule has 0 saturated carbocycles. The van der Waals surface area contributed by atoms with Gasteiger partial charge in [0.15, 0.2) is 0 Å². The number of rotatable bonds is 8. The standard InChI is InChI=1S/C25H27N3O4S/c1-18-8-12-24(13-9-18)33(30,31)28(22-11-10-19(2)20(3)14-22)17-25(29)27-26-16-21-6-5-7-23(15-21)32-4/h5-16H,17H2,1-4H3,(H,27,29). The average molecular weight is 466 g/mol. The number of hydrazone groups is 1. The topological polar surface area (TPSA) is 88.1 Å². The van der Waals surface area contributed by atoms with Crippen molar-refractivity contribution < 1.29 is 17.9 Å². The molecule has 0 fully saturated rings. The minimum atomic E-state index is -3.98. The zero-order chi connectivity index (χ0) is 24.0. The summed E-state index contributed by atoms with van der Waals surface area (Å²) < 4.78 is 33.1. The minimum absolute atomic E-state index is 0.110. The van der Waals surface area contributed by atoms with Crippen LogP contribution in [0.2, 0.25) is 0 Å². The second kappa shape index (κ2) is 10.3. The summed E-state index contributed by atoms with van der Waals surface area (Å²) in [5.74, 6) is 0.0958. The molecule has 0 aliphatic rings. The molecular weight excluding hydrogens is 438 g/mol. The molecule has 0 aliphatic carbocycles. The highest BCUT2D eigenvalue weighted by Crippen LogP contribution is 2.26. The molecule has 0 saturated heterocycles. The number of sulfonamides is 1. The Bertz CT molecular complexity index is 1270. The van der Waals surface area contributed by atoms with Crippen molar-refractivity contribution in [2.45, 2.75) is 25.7 Å². The molecule has 0 heterocycles. The third-order valence-corrected chi connectivity index (χ3v) is 6.96. The van der Waals surface area contributed by atoms with E-state index in [1.807, 2.05) is 26.8 Å². The maximum atomic E-state index is 13.4. The van der Waals surface area contributed by atoms with Gasteiger partial charge in [-0.05, 0) is 73.9 Å². The van der Waals surface area contributed by atoms with E-state index in [0.29, 0.717) is 11.4 Å². The monoisotopic (exact) mass is 465 g/mol. The van der Waals surface area contributed by atoms with Crippen LogP contribution in [0.15, 0.2) is 76.7 Å². The van der Waals surface area contributed by atoms with E-state index in [2.05, 4.69) is 10.5 Å². The molecule has 0 aromatic heterocycles. The second-order valence-corrected chi connectivity index (χ2v) is 9.53. The summed E-state index contributed by atoms with van der Waals surface area (Å²) in [5.41, 5.74) is 6.44. The highest BCUT2D eigenvalue weighted by Gasteiger charge is 2.27. The number of amides is 1. The van der Waals surface area contributed by atoms with E-state index in [1.165, 1.54) is 18.3 Å². The van der Waals surface area contributed by atoms with Gasteiger partial charge in [-0.3, -0.25) is 9.10 Å². The quantitative estimate of drug-likeness (QED) is 0.403. The number of carbonyl (C=O) groups excluding carboxylic acids is 1. The van der Waals surface area contributed by atoms with E-state index in [4.69, 9.17) is 4.74 Å². The summed E-state index contributed by atoms with van der Waals surface area (Å²) >= 11 is 0. The third-order valence-electron chi connectivity index (χ3n) is 5.17. The van der Waals surface area contributed by atoms with Crippen molar-refractivity contribution in [3.63, 3.8) is 0 Å². The van der Waals surface area contributed by atoms with E-state index in [-0.39, 0.29) is 4.90 Å². The smallest absolute Gasteiger partial charge is 0.264 e. The van der Waals surface area contributed by atoms with Crippen molar-refractivity contribution in [3.05, 3.63) is 89.0 Å². The van der Waals surface area contributed by atoms with Gasteiger partial charge in [-0.1, -0.05) is 35.9 Å². The lowest BCUT2D eigenvalue weighted by atomic mass is 10.1. The van der Waals surface area contributed by atoms with E-state index in [0.717, 1.165) is 26.6 Å². The molecule has 3 aromatic carbocycles. The van der Waals surface area contributed by atoms with E-state index in [1.54, 1.807) is 55.6 Å². The van der Waals surface area contributed by atoms with Crippen LogP contribution < -0.4 is 14.5 Å². The van der Waals surface area contributed by atoms with Crippen molar-refractivity contribution in [1.29, 1.82) is 0 Å². The molecule has 1 amide bonds. The first kappa shape index (κ1) is 24.0. The lowest BCUT2D eigenvalue weighted by Crippen LogP contribution is -2.39. The Labute approximate surface area is 194 Å². The summed E-state index contributed by atoms with van der Waals surface area (Å²) in [4.78, 5) is 12.8. The summed E-state index contributed by atoms with van der Waals surface area (Å²) in [7, 11) is -2.41. The summed E-state index contributed by atoms with van der Waals surface area (Å²) in [6.45, 7) is 5.30. The predicted molar refractivity (Wildman–Crippen MR) is 130 cm³/mol. The molecule has 0 unspecified atom stereocenters. The fourth-order valence-electron chi connectivity index (χ4n) is 3.10. The van der Waals surface area contributed by atoms with Crippen LogP contribution in [0.5, 0.6) is 5.75 Å². The van der Waals surface area contributed by atoms with Gasteiger partial charge in [0.2, 0.25) is 0 Å². The van der Waals surface area contributed by atoms with E-state index < -0.39 is 22.5 Å². The normalized spacial score (nSPS) is 11.4. The number of benzene rings is 3. The van der Waals surface area contributed by atoms with Gasteiger partial charge in [0, 0.05) is 0 Å². The number of nitrogens with zero attached hydrogens (tertiary/aromatic N) is 2. The first-order valence-electron chi connectivity index (χ1n) is 10.3. The Morgan fingerprint density at radius 1 is 1.00 bits per heavy atom. The Morgan fingerprint density at radius 2 is 1.73 bits per heavy atom. The van der Waals surface area contributed by atoms with Crippen molar-refractivity contribution in [1.82, 2.24) is 5.43 Å². The zero-order valence-electron chi connectivity index (χ0n) is 19.1. The van der Waals surface area contributed by atoms with Crippen molar-refractivity contribution >= 4 is 27.8 Å². The van der Waals surface area contributed by atoms with Crippen LogP contribution in [-0.4, -0.2) is 34.2 Å². The molecule has 1 N–H and O–H groups in total. The highest BCUT2D eigenvalue weighted by molar-refractivity contribution is 7.92. The summed E-state index contributed by atoms with van der Waals surface area (Å²) in [5, 5.41) is 3.96. The number of anilines is 1. The largest absolute Gasteiger partial charge is 0.497 e. The lowest BCUT2D eigenvalue weighted by molar-refractivity contribution is -0.119. The Morgan fingerprint density at radius 3 is 2.39 bits per heavy atom. The van der Waals surface area contributed by atoms with Gasteiger partial charge in [0.05, 0.1) is 23.9 Å². The minimum Gasteiger partial charge on any atom is -0.497 e. The zero-order valence-corrected chi connectivity index (χ0v) is 19.9. The number of hydrogen-bond donors (Lipinski definition) is 1. The van der Waals surface area contributed by atoms with Crippen LogP contribution in [0.1, 0.15) is 22.3 Å². The van der Waals surface area contributed by atoms with Crippen LogP contribution in [0, 0.1) is 20.8 Å². The number of hydrogen-bond acceptors (Lipinski definition) is 5. The van der Waals surface area contributed by atoms with E-state index in [9.17, 15) is 13.2 Å². The Balaban J connectivity index is 1.86. The molecule has 0 bridgehead atoms. The summed E-state index contributed by atoms with van der Waals surface area (Å²) in [6, 6.07) is 19.0. The van der Waals surface area contributed by atoms with Gasteiger partial charge in [-0.25, -0.2) is 13.8 Å². The van der Waals surface area contributed by atoms with E-state index >= 15 is 0 Å². The molecule has 172 valence electrons. The molecule has 8 heteroatoms. The molecule has 7 nitrogen and oxygen atoms in total. The van der Waals surface area contributed by atoms with Crippen LogP contribution in [-0.2, 0) is 14.8 Å². The molecular formula is C25H27N3O4S. The molecule has 0 spiro atoms. The average Bonchev–Trinajstić information content (AvgIpc) is 2.80. The number of aryl methyl sites for hydroxylation is 3. The Hall–Kier alpha value is -3.65. The van der Waals surface area contributed by atoms with Gasteiger partial charge >= 0.3 is 0 Å². The number of nitrogens with one attached hydrogen (secondary N) is 1. The van der Waals surface area contributed by atoms with Gasteiger partial charge in [-0.15, -0.1) is 0 Å². The maximum Gasteiger partial charge on any atom is 0.264 e. The fraction of sp³-hybridized carbons (Fsp3) is 0.200. The third kappa shape index (κ3) is 5.98. The Kier molecular flexibility index (Phi) is 7.50. The van der Waals surface area contributed by atoms with Crippen LogP contribution in [0.4, 0.5) is 5.69 Å². The second-order valence-electron chi connectivity index (χ2n) is 7.66. The van der Waals surface area contributed by atoms with Gasteiger partial charge in [0.1, 0.15) is 12.3 Å². The highest BCUT2D eigenvalue weighted by atomic mass is 32.2. The maximum absolute atomic E-state index is 13.4.